The van der Waals surface area contributed by atoms with E-state index in [4.69, 9.17) is 5.11 Å². The Balaban J connectivity index is 2.74. The first-order valence-corrected chi connectivity index (χ1v) is 4.55. The molecule has 0 radical (unpaired) electrons. The number of nitrogens with two attached hydrogens (primary N) is 1. The molecule has 0 atom stereocenters. The van der Waals surface area contributed by atoms with E-state index in [1.807, 2.05) is 0 Å². The van der Waals surface area contributed by atoms with E-state index in [-0.39, 0.29) is 30.0 Å². The smallest absolute Gasteiger partial charge is 0.335 e. The maximum absolute atomic E-state index is 11.3. The van der Waals surface area contributed by atoms with E-state index in [0.717, 1.165) is 6.07 Å². The van der Waals surface area contributed by atoms with Gasteiger partial charge >= 0.3 is 5.97 Å². The van der Waals surface area contributed by atoms with Gasteiger partial charge in [-0.25, -0.2) is 4.79 Å². The van der Waals surface area contributed by atoms with Gasteiger partial charge in [0.25, 0.3) is 0 Å². The lowest BCUT2D eigenvalue weighted by atomic mass is 10.1. The number of carbonyl (C=O) groups excluding carboxylic acids is 1. The van der Waals surface area contributed by atoms with Gasteiger partial charge in [-0.2, -0.15) is 0 Å². The Morgan fingerprint density at radius 2 is 2.06 bits per heavy atom. The summed E-state index contributed by atoms with van der Waals surface area (Å²) < 4.78 is 0. The van der Waals surface area contributed by atoms with Gasteiger partial charge in [0.05, 0.1) is 11.5 Å². The lowest BCUT2D eigenvalue weighted by Crippen LogP contribution is -2.85. The first-order chi connectivity index (χ1) is 7.50. The third-order valence-electron chi connectivity index (χ3n) is 1.98. The maximum atomic E-state index is 11.3. The molecule has 0 fully saturated rings. The molecule has 1 aromatic rings. The Kier molecular flexibility index (Phi) is 3.84. The highest BCUT2D eigenvalue weighted by molar-refractivity contribution is 5.88. The van der Waals surface area contributed by atoms with Gasteiger partial charge in [0.1, 0.15) is 13.1 Å². The molecule has 3 N–H and O–H groups in total. The number of quaternary nitrogens is 1. The number of aromatic carboxylic acids is 1. The van der Waals surface area contributed by atoms with Crippen molar-refractivity contribution in [3.05, 3.63) is 29.3 Å². The van der Waals surface area contributed by atoms with Crippen LogP contribution in [0.25, 0.3) is 0 Å². The highest BCUT2D eigenvalue weighted by Gasteiger charge is 2.05. The minimum Gasteiger partial charge on any atom is -0.872 e. The molecule has 86 valence electrons. The van der Waals surface area contributed by atoms with Gasteiger partial charge in [0, 0.05) is 0 Å². The van der Waals surface area contributed by atoms with Gasteiger partial charge < -0.3 is 25.4 Å². The number of rotatable bonds is 5. The van der Waals surface area contributed by atoms with Crippen LogP contribution < -0.4 is 15.5 Å². The van der Waals surface area contributed by atoms with Crippen molar-refractivity contribution < 1.29 is 30.2 Å². The molecule has 0 unspecified atom stereocenters. The van der Waals surface area contributed by atoms with Crippen LogP contribution in [-0.2, 0) is 11.3 Å². The summed E-state index contributed by atoms with van der Waals surface area (Å²) in [5, 5.41) is 31.5. The molecule has 0 aromatic heterocycles. The van der Waals surface area contributed by atoms with Crippen molar-refractivity contribution in [2.24, 2.45) is 0 Å². The van der Waals surface area contributed by atoms with E-state index in [2.05, 4.69) is 0 Å². The summed E-state index contributed by atoms with van der Waals surface area (Å²) in [4.78, 5) is 20.8. The van der Waals surface area contributed by atoms with Gasteiger partial charge in [-0.05, 0) is 17.7 Å². The van der Waals surface area contributed by atoms with Gasteiger partial charge in [0.2, 0.25) is 0 Å². The van der Waals surface area contributed by atoms with Crippen LogP contribution in [0.15, 0.2) is 18.2 Å². The van der Waals surface area contributed by atoms with Crippen LogP contribution in [0, 0.1) is 0 Å². The number of carboxylic acids is 2. The second-order valence-electron chi connectivity index (χ2n) is 3.20. The van der Waals surface area contributed by atoms with Crippen LogP contribution in [0.3, 0.4) is 0 Å². The number of hydrogen-bond donors (Lipinski definition) is 2. The lowest BCUT2D eigenvalue weighted by molar-refractivity contribution is -0.666. The summed E-state index contributed by atoms with van der Waals surface area (Å²) in [7, 11) is 0. The van der Waals surface area contributed by atoms with Crippen LogP contribution >= 0.6 is 0 Å². The normalized spacial score (nSPS) is 10.0. The van der Waals surface area contributed by atoms with Crippen molar-refractivity contribution in [2.45, 2.75) is 6.54 Å². The Morgan fingerprint density at radius 1 is 1.38 bits per heavy atom. The summed E-state index contributed by atoms with van der Waals surface area (Å²) in [6, 6.07) is 3.62. The van der Waals surface area contributed by atoms with Gasteiger partial charge in [-0.1, -0.05) is 6.07 Å². The molecular weight excluding hydrogens is 214 g/mol. The molecule has 1 rings (SSSR count). The fraction of sp³-hybridized carbons (Fsp3) is 0.200. The molecule has 0 bridgehead atoms. The van der Waals surface area contributed by atoms with Crippen LogP contribution in [0.4, 0.5) is 0 Å². The third-order valence-corrected chi connectivity index (χ3v) is 1.98. The molecule has 0 aliphatic heterocycles. The van der Waals surface area contributed by atoms with Crippen molar-refractivity contribution >= 4 is 11.9 Å². The summed E-state index contributed by atoms with van der Waals surface area (Å²) in [6.45, 7) is -0.148. The second-order valence-corrected chi connectivity index (χ2v) is 3.20. The third kappa shape index (κ3) is 3.25. The van der Waals surface area contributed by atoms with E-state index >= 15 is 0 Å². The molecule has 0 amide bonds. The molecule has 0 heterocycles. The molecule has 16 heavy (non-hydrogen) atoms. The van der Waals surface area contributed by atoms with Crippen LogP contribution in [0.2, 0.25) is 0 Å². The Morgan fingerprint density at radius 3 is 2.62 bits per heavy atom. The molecule has 0 saturated carbocycles. The SMILES string of the molecule is O=C([O-])C[NH2+]Cc1cc(C(=O)O)ccc1[O-]. The van der Waals surface area contributed by atoms with Crippen LogP contribution in [0.1, 0.15) is 15.9 Å². The topological polar surface area (TPSA) is 117 Å². The largest absolute Gasteiger partial charge is 0.872 e. The monoisotopic (exact) mass is 224 g/mol. The average molecular weight is 224 g/mol. The van der Waals surface area contributed by atoms with Crippen molar-refractivity contribution in [1.82, 2.24) is 0 Å². The Labute approximate surface area is 91.1 Å². The van der Waals surface area contributed by atoms with Gasteiger partial charge in [0.15, 0.2) is 0 Å². The number of hydrogen-bond acceptors (Lipinski definition) is 4. The van der Waals surface area contributed by atoms with Crippen molar-refractivity contribution in [3.8, 4) is 5.75 Å². The van der Waals surface area contributed by atoms with E-state index in [1.54, 1.807) is 0 Å². The summed E-state index contributed by atoms with van der Waals surface area (Å²) in [5.41, 5.74) is 0.276. The number of benzene rings is 1. The minimum absolute atomic E-state index is 0.0106. The standard InChI is InChI=1S/C10H11NO5/c12-8-2-1-6(10(15)16)3-7(8)4-11-5-9(13)14/h1-3,11-12H,4-5H2,(H,13,14)(H,15,16)/p-1. The molecule has 0 saturated heterocycles. The quantitative estimate of drug-likeness (QED) is 0.563. The zero-order valence-electron chi connectivity index (χ0n) is 8.30. The molecule has 0 spiro atoms. The fourth-order valence-electron chi connectivity index (χ4n) is 1.22. The molecular formula is C10H10NO5-. The predicted molar refractivity (Wildman–Crippen MR) is 48.4 cm³/mol. The zero-order chi connectivity index (χ0) is 12.1. The number of aliphatic carboxylic acids is 1. The first kappa shape index (κ1) is 12.0. The summed E-state index contributed by atoms with van der Waals surface area (Å²) in [6.07, 6.45) is 0. The summed E-state index contributed by atoms with van der Waals surface area (Å²) >= 11 is 0. The predicted octanol–water partition coefficient (Wildman–Crippen LogP) is -2.73. The maximum Gasteiger partial charge on any atom is 0.335 e. The highest BCUT2D eigenvalue weighted by atomic mass is 16.4. The van der Waals surface area contributed by atoms with E-state index in [1.165, 1.54) is 17.4 Å². The van der Waals surface area contributed by atoms with Crippen LogP contribution in [0.5, 0.6) is 5.75 Å². The van der Waals surface area contributed by atoms with Gasteiger partial charge in [-0.3, -0.25) is 0 Å². The fourth-order valence-corrected chi connectivity index (χ4v) is 1.22. The van der Waals surface area contributed by atoms with Crippen molar-refractivity contribution in [3.63, 3.8) is 0 Å². The Hall–Kier alpha value is -2.08. The van der Waals surface area contributed by atoms with E-state index < -0.39 is 11.9 Å². The van der Waals surface area contributed by atoms with Crippen molar-refractivity contribution in [2.75, 3.05) is 6.54 Å². The molecule has 0 aliphatic rings. The second kappa shape index (κ2) is 5.13. The number of carboxylic acid groups (broad SMARTS) is 2. The van der Waals surface area contributed by atoms with Crippen LogP contribution in [-0.4, -0.2) is 23.6 Å². The lowest BCUT2D eigenvalue weighted by Gasteiger charge is -2.13. The number of carbonyl (C=O) groups is 2. The van der Waals surface area contributed by atoms with E-state index in [9.17, 15) is 19.8 Å². The zero-order valence-corrected chi connectivity index (χ0v) is 8.30. The van der Waals surface area contributed by atoms with E-state index in [0.29, 0.717) is 0 Å². The highest BCUT2D eigenvalue weighted by Crippen LogP contribution is 2.14. The first-order valence-electron chi connectivity index (χ1n) is 4.55. The Bertz CT molecular complexity index is 416. The van der Waals surface area contributed by atoms with Crippen molar-refractivity contribution in [1.29, 1.82) is 0 Å². The molecule has 6 nitrogen and oxygen atoms in total. The minimum atomic E-state index is -1.23. The molecule has 6 heteroatoms. The summed E-state index contributed by atoms with van der Waals surface area (Å²) in [5.74, 6) is -2.66. The molecule has 0 aliphatic carbocycles. The molecule has 1 aromatic carbocycles. The van der Waals surface area contributed by atoms with Gasteiger partial charge in [-0.15, -0.1) is 5.75 Å². The average Bonchev–Trinajstić information content (AvgIpc) is 2.20.